The minimum Gasteiger partial charge on any atom is -0.356 e. The van der Waals surface area contributed by atoms with E-state index in [1.165, 1.54) is 18.4 Å². The molecule has 26 heavy (non-hydrogen) atoms. The van der Waals surface area contributed by atoms with Crippen molar-refractivity contribution >= 4 is 11.8 Å². The van der Waals surface area contributed by atoms with E-state index < -0.39 is 0 Å². The maximum absolute atomic E-state index is 8.90. The van der Waals surface area contributed by atoms with Gasteiger partial charge in [0.2, 0.25) is 5.95 Å². The normalized spacial score (nSPS) is 18.1. The zero-order chi connectivity index (χ0) is 17.8. The zero-order valence-corrected chi connectivity index (χ0v) is 15.0. The molecule has 0 spiro atoms. The molecule has 0 radical (unpaired) electrons. The van der Waals surface area contributed by atoms with E-state index in [-0.39, 0.29) is 0 Å². The molecule has 134 valence electrons. The molecule has 0 amide bonds. The van der Waals surface area contributed by atoms with Crippen molar-refractivity contribution in [2.75, 3.05) is 49.1 Å². The van der Waals surface area contributed by atoms with Crippen LogP contribution in [-0.4, -0.2) is 54.1 Å². The second-order valence-corrected chi connectivity index (χ2v) is 6.98. The van der Waals surface area contributed by atoms with Gasteiger partial charge in [-0.25, -0.2) is 4.98 Å². The molecule has 0 bridgehead atoms. The molecule has 2 aliphatic heterocycles. The summed E-state index contributed by atoms with van der Waals surface area (Å²) in [6, 6.07) is 12.1. The van der Waals surface area contributed by atoms with Gasteiger partial charge >= 0.3 is 0 Å². The lowest BCUT2D eigenvalue weighted by atomic mass is 10.1. The van der Waals surface area contributed by atoms with Gasteiger partial charge in [0.05, 0.1) is 11.6 Å². The predicted molar refractivity (Wildman–Crippen MR) is 102 cm³/mol. The van der Waals surface area contributed by atoms with E-state index in [2.05, 4.69) is 25.8 Å². The molecule has 0 saturated carbocycles. The molecule has 1 aromatic heterocycles. The lowest BCUT2D eigenvalue weighted by molar-refractivity contribution is 0.248. The molecule has 2 saturated heterocycles. The van der Waals surface area contributed by atoms with Crippen molar-refractivity contribution in [2.24, 2.45) is 0 Å². The van der Waals surface area contributed by atoms with Crippen molar-refractivity contribution in [3.05, 3.63) is 47.7 Å². The molecule has 2 aromatic rings. The van der Waals surface area contributed by atoms with E-state index in [1.807, 2.05) is 36.5 Å². The Morgan fingerprint density at radius 3 is 2.31 bits per heavy atom. The molecule has 4 rings (SSSR count). The Kier molecular flexibility index (Phi) is 4.98. The molecule has 0 unspecified atom stereocenters. The van der Waals surface area contributed by atoms with Gasteiger partial charge in [-0.2, -0.15) is 10.2 Å². The van der Waals surface area contributed by atoms with E-state index in [0.29, 0.717) is 5.56 Å². The van der Waals surface area contributed by atoms with E-state index in [1.54, 1.807) is 0 Å². The highest BCUT2D eigenvalue weighted by Gasteiger charge is 2.21. The van der Waals surface area contributed by atoms with Gasteiger partial charge in [-0.3, -0.25) is 4.90 Å². The summed E-state index contributed by atoms with van der Waals surface area (Å²) >= 11 is 0. The summed E-state index contributed by atoms with van der Waals surface area (Å²) in [6.45, 7) is 7.02. The minimum absolute atomic E-state index is 0.716. The molecule has 6 heteroatoms. The first-order chi connectivity index (χ1) is 12.8. The highest BCUT2D eigenvalue weighted by atomic mass is 15.3. The average molecular weight is 348 g/mol. The molecule has 6 nitrogen and oxygen atoms in total. The summed E-state index contributed by atoms with van der Waals surface area (Å²) in [6.07, 6.45) is 4.40. The van der Waals surface area contributed by atoms with Crippen LogP contribution in [0.15, 0.2) is 36.5 Å². The Balaban J connectivity index is 1.34. The number of rotatable bonds is 4. The topological polar surface area (TPSA) is 59.3 Å². The van der Waals surface area contributed by atoms with Gasteiger partial charge in [-0.1, -0.05) is 12.1 Å². The van der Waals surface area contributed by atoms with Crippen LogP contribution in [0, 0.1) is 11.3 Å². The number of piperazine rings is 1. The third kappa shape index (κ3) is 3.78. The Bertz CT molecular complexity index is 768. The second-order valence-electron chi connectivity index (χ2n) is 6.98. The van der Waals surface area contributed by atoms with Crippen LogP contribution in [0.1, 0.15) is 24.0 Å². The molecule has 0 N–H and O–H groups in total. The zero-order valence-electron chi connectivity index (χ0n) is 15.0. The number of hydrogen-bond donors (Lipinski definition) is 0. The average Bonchev–Trinajstić information content (AvgIpc) is 3.24. The lowest BCUT2D eigenvalue weighted by Crippen LogP contribution is -2.46. The first-order valence-electron chi connectivity index (χ1n) is 9.36. The van der Waals surface area contributed by atoms with Gasteiger partial charge in [-0.15, -0.1) is 0 Å². The minimum atomic E-state index is 0.716. The molecule has 2 fully saturated rings. The van der Waals surface area contributed by atoms with Crippen LogP contribution in [-0.2, 0) is 6.54 Å². The Hall–Kier alpha value is -2.65. The van der Waals surface area contributed by atoms with Gasteiger partial charge in [-0.05, 0) is 36.6 Å². The predicted octanol–water partition coefficient (Wildman–Crippen LogP) is 2.27. The number of benzene rings is 1. The van der Waals surface area contributed by atoms with Crippen molar-refractivity contribution in [1.82, 2.24) is 14.9 Å². The molecule has 1 aromatic carbocycles. The first-order valence-corrected chi connectivity index (χ1v) is 9.36. The molecular formula is C20H24N6. The van der Waals surface area contributed by atoms with Gasteiger partial charge in [0, 0.05) is 52.0 Å². The molecule has 0 aliphatic carbocycles. The van der Waals surface area contributed by atoms with Crippen LogP contribution >= 0.6 is 0 Å². The summed E-state index contributed by atoms with van der Waals surface area (Å²) in [7, 11) is 0. The summed E-state index contributed by atoms with van der Waals surface area (Å²) < 4.78 is 0. The molecule has 3 heterocycles. The standard InChI is InChI=1S/C20H24N6/c21-15-17-3-5-18(6-4-17)16-24-11-13-26(14-12-24)20-22-8-7-19(23-20)25-9-1-2-10-25/h3-8H,1-2,9-14,16H2. The summed E-state index contributed by atoms with van der Waals surface area (Å²) in [5.41, 5.74) is 1.97. The lowest BCUT2D eigenvalue weighted by Gasteiger charge is -2.35. The maximum atomic E-state index is 8.90. The smallest absolute Gasteiger partial charge is 0.227 e. The number of aromatic nitrogens is 2. The Morgan fingerprint density at radius 1 is 0.885 bits per heavy atom. The quantitative estimate of drug-likeness (QED) is 0.845. The molecular weight excluding hydrogens is 324 g/mol. The van der Waals surface area contributed by atoms with Gasteiger partial charge < -0.3 is 9.80 Å². The Labute approximate surface area is 154 Å². The van der Waals surface area contributed by atoms with Crippen LogP contribution < -0.4 is 9.80 Å². The molecule has 0 atom stereocenters. The van der Waals surface area contributed by atoms with Crippen molar-refractivity contribution in [1.29, 1.82) is 5.26 Å². The largest absolute Gasteiger partial charge is 0.356 e. The fraction of sp³-hybridized carbons (Fsp3) is 0.450. The third-order valence-electron chi connectivity index (χ3n) is 5.20. The first kappa shape index (κ1) is 16.8. The van der Waals surface area contributed by atoms with Gasteiger partial charge in [0.15, 0.2) is 0 Å². The summed E-state index contributed by atoms with van der Waals surface area (Å²) in [5.74, 6) is 1.92. The highest BCUT2D eigenvalue weighted by Crippen LogP contribution is 2.20. The number of anilines is 2. The molecule has 2 aliphatic rings. The van der Waals surface area contributed by atoms with Crippen LogP contribution in [0.4, 0.5) is 11.8 Å². The highest BCUT2D eigenvalue weighted by molar-refractivity contribution is 5.44. The van der Waals surface area contributed by atoms with Crippen LogP contribution in [0.25, 0.3) is 0 Å². The van der Waals surface area contributed by atoms with E-state index >= 15 is 0 Å². The van der Waals surface area contributed by atoms with Gasteiger partial charge in [0.1, 0.15) is 5.82 Å². The van der Waals surface area contributed by atoms with Crippen LogP contribution in [0.2, 0.25) is 0 Å². The monoisotopic (exact) mass is 348 g/mol. The van der Waals surface area contributed by atoms with Crippen molar-refractivity contribution in [2.45, 2.75) is 19.4 Å². The fourth-order valence-corrected chi connectivity index (χ4v) is 3.66. The third-order valence-corrected chi connectivity index (χ3v) is 5.20. The second kappa shape index (κ2) is 7.71. The SMILES string of the molecule is N#Cc1ccc(CN2CCN(c3nccc(N4CCCC4)n3)CC2)cc1. The van der Waals surface area contributed by atoms with Crippen molar-refractivity contribution in [3.63, 3.8) is 0 Å². The van der Waals surface area contributed by atoms with E-state index in [0.717, 1.165) is 57.6 Å². The maximum Gasteiger partial charge on any atom is 0.227 e. The fourth-order valence-electron chi connectivity index (χ4n) is 3.66. The summed E-state index contributed by atoms with van der Waals surface area (Å²) in [4.78, 5) is 16.4. The Morgan fingerprint density at radius 2 is 1.62 bits per heavy atom. The van der Waals surface area contributed by atoms with Crippen molar-refractivity contribution in [3.8, 4) is 6.07 Å². The number of nitrogens with zero attached hydrogens (tertiary/aromatic N) is 6. The van der Waals surface area contributed by atoms with E-state index in [9.17, 15) is 0 Å². The van der Waals surface area contributed by atoms with Crippen LogP contribution in [0.5, 0.6) is 0 Å². The van der Waals surface area contributed by atoms with Crippen LogP contribution in [0.3, 0.4) is 0 Å². The number of hydrogen-bond acceptors (Lipinski definition) is 6. The summed E-state index contributed by atoms with van der Waals surface area (Å²) in [5, 5.41) is 8.90. The van der Waals surface area contributed by atoms with Gasteiger partial charge in [0.25, 0.3) is 0 Å². The number of nitriles is 1. The van der Waals surface area contributed by atoms with E-state index in [4.69, 9.17) is 10.2 Å². The van der Waals surface area contributed by atoms with Crippen molar-refractivity contribution < 1.29 is 0 Å².